The molecule has 0 fully saturated rings. The van der Waals surface area contributed by atoms with E-state index in [1.807, 2.05) is 6.92 Å². The lowest BCUT2D eigenvalue weighted by Crippen LogP contribution is -2.48. The molecule has 0 aromatic rings. The van der Waals surface area contributed by atoms with Crippen molar-refractivity contribution in [3.63, 3.8) is 0 Å². The molecule has 1 amide bonds. The van der Waals surface area contributed by atoms with Crippen molar-refractivity contribution in [3.8, 4) is 0 Å². The number of amides is 1. The fourth-order valence-corrected chi connectivity index (χ4v) is 1.23. The highest BCUT2D eigenvalue weighted by Gasteiger charge is 2.20. The molecule has 4 N–H and O–H groups in total. The Bertz CT molecular complexity index is 152. The Morgan fingerprint density at radius 3 is 2.69 bits per heavy atom. The minimum Gasteiger partial charge on any atom is -0.395 e. The summed E-state index contributed by atoms with van der Waals surface area (Å²) in [6.45, 7) is 2.54. The highest BCUT2D eigenvalue weighted by molar-refractivity contribution is 5.81. The van der Waals surface area contributed by atoms with Gasteiger partial charge in [0, 0.05) is 6.54 Å². The Hall–Kier alpha value is -0.650. The summed E-state index contributed by atoms with van der Waals surface area (Å²) in [7, 11) is 1.80. The third kappa shape index (κ3) is 4.21. The maximum atomic E-state index is 11.3. The Balaban J connectivity index is 4.13. The molecular formula is C8H19N3O2. The molecule has 78 valence electrons. The zero-order valence-corrected chi connectivity index (χ0v) is 8.29. The van der Waals surface area contributed by atoms with Crippen LogP contribution in [0.2, 0.25) is 0 Å². The molecule has 0 aliphatic carbocycles. The predicted molar refractivity (Wildman–Crippen MR) is 50.7 cm³/mol. The average molecular weight is 189 g/mol. The second kappa shape index (κ2) is 6.82. The molecule has 0 radical (unpaired) electrons. The molecule has 1 atom stereocenters. The lowest BCUT2D eigenvalue weighted by atomic mass is 10.1. The zero-order valence-electron chi connectivity index (χ0n) is 8.29. The lowest BCUT2D eigenvalue weighted by Gasteiger charge is -2.25. The molecule has 0 rings (SSSR count). The number of nitrogens with one attached hydrogen (secondary N) is 1. The number of carbonyl (C=O) groups is 1. The zero-order chi connectivity index (χ0) is 10.3. The first-order chi connectivity index (χ1) is 6.17. The van der Waals surface area contributed by atoms with E-state index in [0.29, 0.717) is 6.54 Å². The van der Waals surface area contributed by atoms with E-state index in [1.54, 1.807) is 11.9 Å². The van der Waals surface area contributed by atoms with Crippen molar-refractivity contribution in [2.75, 3.05) is 20.2 Å². The number of aliphatic hydroxyl groups excluding tert-OH is 1. The first-order valence-corrected chi connectivity index (χ1v) is 4.48. The smallest absolute Gasteiger partial charge is 0.251 e. The molecule has 5 nitrogen and oxygen atoms in total. The van der Waals surface area contributed by atoms with Crippen LogP contribution in [0.15, 0.2) is 0 Å². The Kier molecular flexibility index (Phi) is 6.48. The van der Waals surface area contributed by atoms with Gasteiger partial charge in [-0.15, -0.1) is 0 Å². The molecule has 0 aliphatic heterocycles. The number of hydrogen-bond donors (Lipinski definition) is 3. The molecular weight excluding hydrogens is 170 g/mol. The van der Waals surface area contributed by atoms with E-state index in [1.165, 1.54) is 0 Å². The van der Waals surface area contributed by atoms with Gasteiger partial charge in [0.2, 0.25) is 0 Å². The van der Waals surface area contributed by atoms with Crippen LogP contribution in [-0.4, -0.2) is 42.2 Å². The van der Waals surface area contributed by atoms with Gasteiger partial charge in [-0.2, -0.15) is 0 Å². The molecule has 0 bridgehead atoms. The van der Waals surface area contributed by atoms with E-state index < -0.39 is 0 Å². The summed E-state index contributed by atoms with van der Waals surface area (Å²) < 4.78 is 0. The Morgan fingerprint density at radius 2 is 2.31 bits per heavy atom. The second-order valence-corrected chi connectivity index (χ2v) is 3.02. The summed E-state index contributed by atoms with van der Waals surface area (Å²) in [5, 5.41) is 8.70. The van der Waals surface area contributed by atoms with Gasteiger partial charge in [-0.3, -0.25) is 15.1 Å². The van der Waals surface area contributed by atoms with Crippen molar-refractivity contribution < 1.29 is 9.90 Å². The predicted octanol–water partition coefficient (Wildman–Crippen LogP) is -0.931. The fraction of sp³-hybridized carbons (Fsp3) is 0.875. The van der Waals surface area contributed by atoms with Gasteiger partial charge in [-0.1, -0.05) is 13.3 Å². The topological polar surface area (TPSA) is 78.6 Å². The lowest BCUT2D eigenvalue weighted by molar-refractivity contribution is -0.126. The first kappa shape index (κ1) is 12.3. The molecule has 5 heteroatoms. The van der Waals surface area contributed by atoms with Crippen LogP contribution in [0.1, 0.15) is 19.8 Å². The van der Waals surface area contributed by atoms with Crippen molar-refractivity contribution in [1.29, 1.82) is 0 Å². The highest BCUT2D eigenvalue weighted by atomic mass is 16.3. The fourth-order valence-electron chi connectivity index (χ4n) is 1.23. The summed E-state index contributed by atoms with van der Waals surface area (Å²) >= 11 is 0. The summed E-state index contributed by atoms with van der Waals surface area (Å²) in [5.74, 6) is 4.85. The van der Waals surface area contributed by atoms with E-state index in [2.05, 4.69) is 5.43 Å². The molecule has 0 saturated heterocycles. The normalized spacial score (nSPS) is 13.0. The highest BCUT2D eigenvalue weighted by Crippen LogP contribution is 2.04. The quantitative estimate of drug-likeness (QED) is 0.286. The third-order valence-electron chi connectivity index (χ3n) is 1.99. The van der Waals surface area contributed by atoms with Crippen molar-refractivity contribution in [1.82, 2.24) is 10.3 Å². The van der Waals surface area contributed by atoms with E-state index in [4.69, 9.17) is 10.9 Å². The number of hydrogen-bond acceptors (Lipinski definition) is 4. The molecule has 13 heavy (non-hydrogen) atoms. The third-order valence-corrected chi connectivity index (χ3v) is 1.99. The van der Waals surface area contributed by atoms with Crippen LogP contribution < -0.4 is 11.3 Å². The van der Waals surface area contributed by atoms with Crippen molar-refractivity contribution in [2.45, 2.75) is 25.8 Å². The minimum absolute atomic E-state index is 0.0502. The number of aliphatic hydroxyl groups is 1. The van der Waals surface area contributed by atoms with Crippen molar-refractivity contribution in [3.05, 3.63) is 0 Å². The maximum absolute atomic E-state index is 11.3. The largest absolute Gasteiger partial charge is 0.395 e. The molecule has 0 aliphatic rings. The average Bonchev–Trinajstić information content (AvgIpc) is 2.13. The molecule has 1 unspecified atom stereocenters. The SMILES string of the molecule is CCCC(C(=O)NN)N(C)CCO. The van der Waals surface area contributed by atoms with Gasteiger partial charge in [0.1, 0.15) is 0 Å². The first-order valence-electron chi connectivity index (χ1n) is 4.48. The summed E-state index contributed by atoms with van der Waals surface area (Å²) in [4.78, 5) is 13.1. The molecule has 0 aromatic heterocycles. The molecule has 0 aromatic carbocycles. The Labute approximate surface area is 78.9 Å². The number of rotatable bonds is 6. The number of nitrogens with zero attached hydrogens (tertiary/aromatic N) is 1. The monoisotopic (exact) mass is 189 g/mol. The number of likely N-dealkylation sites (N-methyl/N-ethyl adjacent to an activating group) is 1. The van der Waals surface area contributed by atoms with Crippen LogP contribution in [0.25, 0.3) is 0 Å². The number of hydrazine groups is 1. The summed E-state index contributed by atoms with van der Waals surface area (Å²) in [6.07, 6.45) is 1.66. The van der Waals surface area contributed by atoms with Crippen LogP contribution in [-0.2, 0) is 4.79 Å². The van der Waals surface area contributed by atoms with Gasteiger partial charge >= 0.3 is 0 Å². The van der Waals surface area contributed by atoms with E-state index >= 15 is 0 Å². The van der Waals surface area contributed by atoms with Gasteiger partial charge in [0.05, 0.1) is 12.6 Å². The van der Waals surface area contributed by atoms with Gasteiger partial charge in [0.25, 0.3) is 5.91 Å². The second-order valence-electron chi connectivity index (χ2n) is 3.02. The molecule has 0 heterocycles. The van der Waals surface area contributed by atoms with Crippen LogP contribution >= 0.6 is 0 Å². The van der Waals surface area contributed by atoms with Crippen LogP contribution in [0.5, 0.6) is 0 Å². The number of carbonyl (C=O) groups excluding carboxylic acids is 1. The van der Waals surface area contributed by atoms with E-state index in [0.717, 1.165) is 12.8 Å². The van der Waals surface area contributed by atoms with Gasteiger partial charge in [-0.05, 0) is 13.5 Å². The van der Waals surface area contributed by atoms with Crippen LogP contribution in [0.3, 0.4) is 0 Å². The van der Waals surface area contributed by atoms with Crippen molar-refractivity contribution in [2.24, 2.45) is 5.84 Å². The summed E-state index contributed by atoms with van der Waals surface area (Å²) in [6, 6.07) is -0.234. The van der Waals surface area contributed by atoms with Crippen LogP contribution in [0, 0.1) is 0 Å². The van der Waals surface area contributed by atoms with E-state index in [-0.39, 0.29) is 18.6 Å². The van der Waals surface area contributed by atoms with Crippen LogP contribution in [0.4, 0.5) is 0 Å². The molecule has 0 spiro atoms. The van der Waals surface area contributed by atoms with E-state index in [9.17, 15) is 4.79 Å². The van der Waals surface area contributed by atoms with Gasteiger partial charge in [0.15, 0.2) is 0 Å². The Morgan fingerprint density at radius 1 is 1.69 bits per heavy atom. The number of nitrogens with two attached hydrogens (primary N) is 1. The van der Waals surface area contributed by atoms with Gasteiger partial charge in [-0.25, -0.2) is 5.84 Å². The van der Waals surface area contributed by atoms with Crippen molar-refractivity contribution >= 4 is 5.91 Å². The standard InChI is InChI=1S/C8H19N3O2/c1-3-4-7(8(13)10-9)11(2)5-6-12/h7,12H,3-6,9H2,1-2H3,(H,10,13). The minimum atomic E-state index is -0.234. The molecule has 0 saturated carbocycles. The summed E-state index contributed by atoms with van der Waals surface area (Å²) in [5.41, 5.74) is 2.13. The maximum Gasteiger partial charge on any atom is 0.251 e. The van der Waals surface area contributed by atoms with Gasteiger partial charge < -0.3 is 5.11 Å².